The first kappa shape index (κ1) is 10.4. The van der Waals surface area contributed by atoms with Gasteiger partial charge in [-0.3, -0.25) is 0 Å². The van der Waals surface area contributed by atoms with Crippen molar-refractivity contribution in [3.8, 4) is 11.4 Å². The highest BCUT2D eigenvalue weighted by Gasteiger charge is 2.24. The Kier molecular flexibility index (Phi) is 2.40. The Morgan fingerprint density at radius 1 is 1.47 bits per heavy atom. The lowest BCUT2D eigenvalue weighted by Gasteiger charge is -2.23. The van der Waals surface area contributed by atoms with E-state index in [2.05, 4.69) is 15.5 Å². The Hall–Kier alpha value is -1.75. The lowest BCUT2D eigenvalue weighted by Crippen LogP contribution is -2.35. The number of hydrogen-bond acceptors (Lipinski definition) is 4. The van der Waals surface area contributed by atoms with Crippen LogP contribution in [0.2, 0.25) is 0 Å². The molecule has 1 saturated heterocycles. The largest absolute Gasteiger partial charge is 0.337 e. The van der Waals surface area contributed by atoms with Crippen LogP contribution in [0.25, 0.3) is 11.4 Å². The molecular formula is C12H12FN3O. The Morgan fingerprint density at radius 3 is 2.94 bits per heavy atom. The molecule has 0 amide bonds. The molecule has 4 nitrogen and oxygen atoms in total. The van der Waals surface area contributed by atoms with Gasteiger partial charge in [0.15, 0.2) is 0 Å². The van der Waals surface area contributed by atoms with E-state index >= 15 is 0 Å². The topological polar surface area (TPSA) is 51.0 Å². The van der Waals surface area contributed by atoms with Crippen molar-refractivity contribution < 1.29 is 8.91 Å². The van der Waals surface area contributed by atoms with Crippen molar-refractivity contribution in [3.63, 3.8) is 0 Å². The van der Waals surface area contributed by atoms with Crippen LogP contribution in [0.15, 0.2) is 22.7 Å². The molecule has 0 spiro atoms. The van der Waals surface area contributed by atoms with E-state index in [-0.39, 0.29) is 11.9 Å². The van der Waals surface area contributed by atoms with Gasteiger partial charge in [0.05, 0.1) is 6.04 Å². The van der Waals surface area contributed by atoms with Crippen molar-refractivity contribution in [1.29, 1.82) is 0 Å². The molecule has 17 heavy (non-hydrogen) atoms. The van der Waals surface area contributed by atoms with E-state index in [1.165, 1.54) is 6.07 Å². The zero-order valence-corrected chi connectivity index (χ0v) is 9.40. The quantitative estimate of drug-likeness (QED) is 0.864. The van der Waals surface area contributed by atoms with Crippen molar-refractivity contribution in [2.45, 2.75) is 19.4 Å². The summed E-state index contributed by atoms with van der Waals surface area (Å²) in [4.78, 5) is 4.27. The highest BCUT2D eigenvalue weighted by molar-refractivity contribution is 5.55. The van der Waals surface area contributed by atoms with Crippen LogP contribution in [0.3, 0.4) is 0 Å². The maximum Gasteiger partial charge on any atom is 0.244 e. The van der Waals surface area contributed by atoms with E-state index in [0.717, 1.165) is 13.0 Å². The van der Waals surface area contributed by atoms with Gasteiger partial charge in [-0.05, 0) is 31.5 Å². The van der Waals surface area contributed by atoms with E-state index in [9.17, 15) is 4.39 Å². The summed E-state index contributed by atoms with van der Waals surface area (Å²) in [6.07, 6.45) is 1.00. The van der Waals surface area contributed by atoms with Gasteiger partial charge in [0.1, 0.15) is 5.82 Å². The molecule has 88 valence electrons. The highest BCUT2D eigenvalue weighted by Crippen LogP contribution is 2.24. The summed E-state index contributed by atoms with van der Waals surface area (Å²) in [6.45, 7) is 2.70. The van der Waals surface area contributed by atoms with E-state index < -0.39 is 0 Å². The van der Waals surface area contributed by atoms with Crippen LogP contribution >= 0.6 is 0 Å². The zero-order valence-electron chi connectivity index (χ0n) is 9.40. The van der Waals surface area contributed by atoms with Crippen LogP contribution in [-0.2, 0) is 0 Å². The third-order valence-corrected chi connectivity index (χ3v) is 2.99. The Bertz CT molecular complexity index is 548. The molecular weight excluding hydrogens is 221 g/mol. The fourth-order valence-electron chi connectivity index (χ4n) is 1.73. The minimum atomic E-state index is -0.254. The van der Waals surface area contributed by atoms with Gasteiger partial charge in [-0.25, -0.2) is 4.39 Å². The number of halogens is 1. The summed E-state index contributed by atoms with van der Waals surface area (Å²) in [5.41, 5.74) is 1.25. The molecule has 1 aliphatic heterocycles. The molecule has 2 aromatic rings. The summed E-state index contributed by atoms with van der Waals surface area (Å²) in [5.74, 6) is 0.760. The second-order valence-corrected chi connectivity index (χ2v) is 4.22. The number of aromatic nitrogens is 2. The van der Waals surface area contributed by atoms with Crippen LogP contribution in [0, 0.1) is 12.7 Å². The molecule has 2 heterocycles. The molecule has 3 rings (SSSR count). The monoisotopic (exact) mass is 233 g/mol. The van der Waals surface area contributed by atoms with Crippen molar-refractivity contribution in [1.82, 2.24) is 15.5 Å². The zero-order chi connectivity index (χ0) is 11.8. The standard InChI is InChI=1S/C12H12FN3O/c1-7-2-3-8(6-9(7)13)11-15-12(17-16-11)10-4-5-14-10/h2-3,6,10,14H,4-5H2,1H3/t10-/m1/s1. The van der Waals surface area contributed by atoms with Crippen LogP contribution in [-0.4, -0.2) is 16.7 Å². The molecule has 0 bridgehead atoms. The van der Waals surface area contributed by atoms with Gasteiger partial charge in [-0.15, -0.1) is 0 Å². The summed E-state index contributed by atoms with van der Waals surface area (Å²) in [5, 5.41) is 7.04. The molecule has 1 aromatic carbocycles. The number of nitrogens with one attached hydrogen (secondary N) is 1. The first-order valence-electron chi connectivity index (χ1n) is 5.57. The van der Waals surface area contributed by atoms with Gasteiger partial charge in [-0.2, -0.15) is 4.98 Å². The Balaban J connectivity index is 1.92. The summed E-state index contributed by atoms with van der Waals surface area (Å²) in [6, 6.07) is 5.09. The van der Waals surface area contributed by atoms with Gasteiger partial charge >= 0.3 is 0 Å². The predicted molar refractivity (Wildman–Crippen MR) is 59.8 cm³/mol. The summed E-state index contributed by atoms with van der Waals surface area (Å²) in [7, 11) is 0. The number of aryl methyl sites for hydroxylation is 1. The maximum atomic E-state index is 13.4. The van der Waals surface area contributed by atoms with Gasteiger partial charge < -0.3 is 9.84 Å². The van der Waals surface area contributed by atoms with Crippen molar-refractivity contribution in [2.75, 3.05) is 6.54 Å². The lowest BCUT2D eigenvalue weighted by molar-refractivity contribution is 0.273. The fraction of sp³-hybridized carbons (Fsp3) is 0.333. The molecule has 1 aliphatic rings. The molecule has 0 aliphatic carbocycles. The molecule has 1 atom stereocenters. The predicted octanol–water partition coefficient (Wildman–Crippen LogP) is 2.22. The first-order chi connectivity index (χ1) is 8.24. The van der Waals surface area contributed by atoms with E-state index in [0.29, 0.717) is 22.8 Å². The molecule has 1 N–H and O–H groups in total. The lowest BCUT2D eigenvalue weighted by atomic mass is 10.1. The van der Waals surface area contributed by atoms with Crippen molar-refractivity contribution >= 4 is 0 Å². The highest BCUT2D eigenvalue weighted by atomic mass is 19.1. The van der Waals surface area contributed by atoms with Crippen LogP contribution in [0.1, 0.15) is 23.9 Å². The van der Waals surface area contributed by atoms with Gasteiger partial charge in [0.2, 0.25) is 11.7 Å². The van der Waals surface area contributed by atoms with Gasteiger partial charge in [-0.1, -0.05) is 17.3 Å². The fourth-order valence-corrected chi connectivity index (χ4v) is 1.73. The number of benzene rings is 1. The normalized spacial score (nSPS) is 19.1. The van der Waals surface area contributed by atoms with Crippen LogP contribution < -0.4 is 5.32 Å². The molecule has 1 fully saturated rings. The Labute approximate surface area is 97.8 Å². The minimum Gasteiger partial charge on any atom is -0.337 e. The minimum absolute atomic E-state index is 0.159. The van der Waals surface area contributed by atoms with E-state index in [4.69, 9.17) is 4.52 Å². The molecule has 5 heteroatoms. The summed E-state index contributed by atoms with van der Waals surface area (Å²) < 4.78 is 18.6. The number of nitrogens with zero attached hydrogens (tertiary/aromatic N) is 2. The molecule has 0 unspecified atom stereocenters. The third kappa shape index (κ3) is 1.82. The number of hydrogen-bond donors (Lipinski definition) is 1. The van der Waals surface area contributed by atoms with Crippen LogP contribution in [0.5, 0.6) is 0 Å². The maximum absolute atomic E-state index is 13.4. The SMILES string of the molecule is Cc1ccc(-c2noc([C@H]3CCN3)n2)cc1F. The van der Waals surface area contributed by atoms with Gasteiger partial charge in [0.25, 0.3) is 0 Å². The van der Waals surface area contributed by atoms with Crippen LogP contribution in [0.4, 0.5) is 4.39 Å². The van der Waals surface area contributed by atoms with E-state index in [1.807, 2.05) is 0 Å². The average molecular weight is 233 g/mol. The van der Waals surface area contributed by atoms with Crippen molar-refractivity contribution in [3.05, 3.63) is 35.5 Å². The molecule has 0 radical (unpaired) electrons. The van der Waals surface area contributed by atoms with Gasteiger partial charge in [0, 0.05) is 5.56 Å². The number of rotatable bonds is 2. The average Bonchev–Trinajstić information content (AvgIpc) is 2.69. The summed E-state index contributed by atoms with van der Waals surface area (Å²) >= 11 is 0. The second-order valence-electron chi connectivity index (χ2n) is 4.22. The van der Waals surface area contributed by atoms with E-state index in [1.54, 1.807) is 19.1 Å². The first-order valence-corrected chi connectivity index (χ1v) is 5.57. The van der Waals surface area contributed by atoms with Crippen molar-refractivity contribution in [2.24, 2.45) is 0 Å². The third-order valence-electron chi connectivity index (χ3n) is 2.99. The molecule has 0 saturated carbocycles. The smallest absolute Gasteiger partial charge is 0.244 e. The second kappa shape index (κ2) is 3.92. The Morgan fingerprint density at radius 2 is 2.29 bits per heavy atom. The molecule has 1 aromatic heterocycles.